The van der Waals surface area contributed by atoms with E-state index in [2.05, 4.69) is 264 Å². The average Bonchev–Trinajstić information content (AvgIpc) is 1.08. The molecule has 0 amide bonds. The Morgan fingerprint density at radius 1 is 0.447 bits per heavy atom. The van der Waals surface area contributed by atoms with Crippen LogP contribution < -0.4 is 0 Å². The fourth-order valence-corrected chi connectivity index (χ4v) is 18.8. The molecule has 0 aliphatic heterocycles. The second-order valence-corrected chi connectivity index (χ2v) is 32.6. The minimum Gasteiger partial charge on any atom is -0.214 e. The van der Waals surface area contributed by atoms with Crippen LogP contribution in [0.15, 0.2) is 215 Å². The summed E-state index contributed by atoms with van der Waals surface area (Å²) in [6.45, 7) is 49.5. The number of benzene rings is 4. The molecule has 4 atom stereocenters. The van der Waals surface area contributed by atoms with Gasteiger partial charge in [-0.25, -0.2) is 36.1 Å². The summed E-state index contributed by atoms with van der Waals surface area (Å²) >= 11 is 2.77. The van der Waals surface area contributed by atoms with Crippen LogP contribution in [-0.4, -0.2) is 7.42 Å². The van der Waals surface area contributed by atoms with Crippen molar-refractivity contribution in [3.63, 3.8) is 0 Å². The third kappa shape index (κ3) is 13.4. The van der Waals surface area contributed by atoms with Crippen LogP contribution in [0.3, 0.4) is 0 Å². The smallest absolute Gasteiger partial charge is 0.172 e. The molecule has 2 fully saturated rings. The predicted octanol–water partition coefficient (Wildman–Crippen LogP) is 25.4. The summed E-state index contributed by atoms with van der Waals surface area (Å²) in [5.74, 6) is 5.68. The molecule has 94 heavy (non-hydrogen) atoms. The van der Waals surface area contributed by atoms with Crippen LogP contribution in [-0.2, 0) is 61.3 Å². The molecule has 0 heterocycles. The van der Waals surface area contributed by atoms with E-state index >= 15 is 0 Å². The number of allylic oxidation sites excluding steroid dienone is 12. The Hall–Kier alpha value is -3.57. The van der Waals surface area contributed by atoms with Gasteiger partial charge in [0, 0.05) is 0 Å². The van der Waals surface area contributed by atoms with Crippen LogP contribution in [0.1, 0.15) is 221 Å². The summed E-state index contributed by atoms with van der Waals surface area (Å²) in [4.78, 5) is 0. The van der Waals surface area contributed by atoms with E-state index in [1.165, 1.54) is 122 Å². The summed E-state index contributed by atoms with van der Waals surface area (Å²) in [6.07, 6.45) is 17.0. The number of fused-ring (bicyclic) bond motifs is 12. The van der Waals surface area contributed by atoms with Gasteiger partial charge in [-0.05, 0) is 81.1 Å². The molecule has 0 radical (unpaired) electrons. The van der Waals surface area contributed by atoms with Gasteiger partial charge in [-0.15, -0.1) is 63.5 Å². The van der Waals surface area contributed by atoms with Gasteiger partial charge in [0.05, 0.1) is 0 Å². The van der Waals surface area contributed by atoms with E-state index in [0.29, 0.717) is 23.7 Å². The van der Waals surface area contributed by atoms with Crippen molar-refractivity contribution in [2.45, 2.75) is 189 Å². The molecule has 4 unspecified atom stereocenters. The number of rotatable bonds is 4. The Morgan fingerprint density at radius 3 is 1.04 bits per heavy atom. The zero-order valence-electron chi connectivity index (χ0n) is 60.7. The Morgan fingerprint density at radius 2 is 0.755 bits per heavy atom. The molecule has 500 valence electrons. The first kappa shape index (κ1) is 81.1. The molecule has 0 bridgehead atoms. The van der Waals surface area contributed by atoms with E-state index in [-0.39, 0.29) is 92.9 Å². The molecule has 8 aliphatic carbocycles. The third-order valence-electron chi connectivity index (χ3n) is 26.4. The average molecular weight is 1490 g/mol. The first-order valence-corrected chi connectivity index (χ1v) is 37.0. The largest absolute Gasteiger partial charge is 0.214 e. The van der Waals surface area contributed by atoms with Gasteiger partial charge in [-0.1, -0.05) is 227 Å². The van der Waals surface area contributed by atoms with E-state index in [1.807, 2.05) is 60.7 Å². The minimum absolute atomic E-state index is 0. The van der Waals surface area contributed by atoms with Crippen molar-refractivity contribution < 1.29 is 48.5 Å². The molecule has 6 aromatic rings. The van der Waals surface area contributed by atoms with Gasteiger partial charge >= 0.3 is 166 Å². The van der Waals surface area contributed by atoms with Crippen molar-refractivity contribution in [2.75, 3.05) is 0 Å². The first-order valence-electron chi connectivity index (χ1n) is 34.1. The maximum Gasteiger partial charge on any atom is -0.172 e. The van der Waals surface area contributed by atoms with Crippen molar-refractivity contribution >= 4 is 68.2 Å². The van der Waals surface area contributed by atoms with Crippen LogP contribution in [0.4, 0.5) is 0 Å². The number of hydrogen-bond acceptors (Lipinski definition) is 0. The van der Waals surface area contributed by atoms with Crippen LogP contribution in [0.5, 0.6) is 0 Å². The molecule has 0 aromatic heterocycles. The standard InChI is InChI=1S/2C29H37.C19H22.2C5H5.CH2.4ClH.2Zr/c2*1-18-25-22-17-19-13-9-10-14-20(19)24(22)21-15-11-12-16-23(21)29(25,8)28(6,7)27(4,5)26(18,2)3;1-14(2)18-9-5-16(6-10-18)13-17-7-11-19(12-8-17)15(3)4;2*1-2-4-5-3-1;;;;;;;/h2*9-11,13-15,23H,12,16-17H2,1-8H3;5-12,14-15H,1-4H3;2*1-5H;1H2;4*1H;;/q2*-1;;2*-1;;;;;;2*+2. The van der Waals surface area contributed by atoms with Gasteiger partial charge < -0.3 is 0 Å². The Kier molecular flexibility index (Phi) is 27.0. The monoisotopic (exact) mass is 1490 g/mol. The quantitative estimate of drug-likeness (QED) is 0.154. The minimum atomic E-state index is 0. The second kappa shape index (κ2) is 31.3. The van der Waals surface area contributed by atoms with Crippen LogP contribution in [0, 0.1) is 67.0 Å². The summed E-state index contributed by atoms with van der Waals surface area (Å²) in [7, 11) is 0. The molecule has 2 saturated carbocycles. The van der Waals surface area contributed by atoms with Crippen molar-refractivity contribution in [2.24, 2.45) is 55.2 Å². The number of hydrogen-bond donors (Lipinski definition) is 0. The summed E-state index contributed by atoms with van der Waals surface area (Å²) in [5, 5.41) is 0. The Bertz CT molecular complexity index is 3450. The van der Waals surface area contributed by atoms with Crippen molar-refractivity contribution in [1.82, 2.24) is 0 Å². The molecule has 0 nitrogen and oxygen atoms in total. The summed E-state index contributed by atoms with van der Waals surface area (Å²) < 4.78 is 4.77. The second-order valence-electron chi connectivity index (χ2n) is 31.4. The van der Waals surface area contributed by atoms with Crippen molar-refractivity contribution in [3.8, 4) is 0 Å². The van der Waals surface area contributed by atoms with Crippen LogP contribution in [0.2, 0.25) is 0 Å². The fraction of sp³-hybridized carbons (Fsp3) is 0.432. The Balaban J connectivity index is 0.000000232. The van der Waals surface area contributed by atoms with Crippen molar-refractivity contribution in [1.29, 1.82) is 0 Å². The maximum absolute atomic E-state index is 3.34. The van der Waals surface area contributed by atoms with E-state index in [9.17, 15) is 0 Å². The van der Waals surface area contributed by atoms with E-state index in [1.54, 1.807) is 56.4 Å². The van der Waals surface area contributed by atoms with E-state index < -0.39 is 0 Å². The van der Waals surface area contributed by atoms with Crippen LogP contribution in [0.25, 0.3) is 11.1 Å². The predicted molar refractivity (Wildman–Crippen MR) is 413 cm³/mol. The van der Waals surface area contributed by atoms with Gasteiger partial charge in [-0.3, -0.25) is 0 Å². The molecule has 14 rings (SSSR count). The normalized spacial score (nSPS) is 23.8. The maximum atomic E-state index is 3.34. The van der Waals surface area contributed by atoms with E-state index in [0.717, 1.165) is 12.8 Å². The third-order valence-corrected chi connectivity index (χ3v) is 27.8. The van der Waals surface area contributed by atoms with E-state index in [4.69, 9.17) is 0 Å². The van der Waals surface area contributed by atoms with Crippen molar-refractivity contribution in [3.05, 3.63) is 272 Å². The molecule has 6 heteroatoms. The molecule has 6 aromatic carbocycles. The molecular weight excluding hydrogens is 1380 g/mol. The van der Waals surface area contributed by atoms with Gasteiger partial charge in [0.2, 0.25) is 0 Å². The van der Waals surface area contributed by atoms with Crippen LogP contribution >= 0.6 is 49.6 Å². The molecular formula is C88H112Cl4Zr2. The summed E-state index contributed by atoms with van der Waals surface area (Å²) in [6, 6.07) is 56.4. The molecule has 8 aliphatic rings. The molecule has 0 N–H and O–H groups in total. The number of halogens is 4. The molecule has 0 saturated heterocycles. The zero-order valence-corrected chi connectivity index (χ0v) is 68.9. The SMILES string of the molecule is CC(C)c1ccc([C](=[Zr+2])c2ccc(C(C)C)cc2)cc1.C[C-]1C2=C3Cc4ccccc4C3=C3C=CCCC3C2(C)C(C)(C)C(C)(C)C1(C)C.C[C-]1C2=C3Cc4ccccc4C3=C3C=CCCC3C2(C)C(C)(C)C(C)(C)C1(C)C.Cl.Cl.Cl.Cl.[CH2]=[Zr+2].c1cc[cH-]c1.c1cc[cH-]c1. The van der Waals surface area contributed by atoms with Gasteiger partial charge in [0.25, 0.3) is 0 Å². The molecule has 0 spiro atoms. The Labute approximate surface area is 626 Å². The van der Waals surface area contributed by atoms with Gasteiger partial charge in [0.15, 0.2) is 0 Å². The van der Waals surface area contributed by atoms with Gasteiger partial charge in [0.1, 0.15) is 0 Å². The first-order chi connectivity index (χ1) is 42.4. The zero-order chi connectivity index (χ0) is 65.7. The summed E-state index contributed by atoms with van der Waals surface area (Å²) in [5.41, 5.74) is 26.1. The fourth-order valence-electron chi connectivity index (χ4n) is 18.0. The van der Waals surface area contributed by atoms with Gasteiger partial charge in [-0.2, -0.15) is 58.7 Å². The topological polar surface area (TPSA) is 0 Å².